The van der Waals surface area contributed by atoms with Gasteiger partial charge in [0.15, 0.2) is 0 Å². The summed E-state index contributed by atoms with van der Waals surface area (Å²) in [5.74, 6) is -0.797. The molecule has 0 aromatic heterocycles. The van der Waals surface area contributed by atoms with Crippen LogP contribution in [-0.2, 0) is 26.2 Å². The van der Waals surface area contributed by atoms with Gasteiger partial charge < -0.3 is 10.2 Å². The van der Waals surface area contributed by atoms with Crippen molar-refractivity contribution in [3.8, 4) is 0 Å². The summed E-state index contributed by atoms with van der Waals surface area (Å²) in [5, 5.41) is 2.75. The molecule has 0 saturated carbocycles. The van der Waals surface area contributed by atoms with Gasteiger partial charge in [0.2, 0.25) is 11.8 Å². The van der Waals surface area contributed by atoms with E-state index in [4.69, 9.17) is 0 Å². The van der Waals surface area contributed by atoms with E-state index in [-0.39, 0.29) is 17.3 Å². The number of anilines is 1. The SMILES string of the molecule is CCNC(=O)C(C)N(Cc1ccccc1)C(=O)CN(c1ccc(Br)cc1)S(=O)(=O)c1ccc(C)cc1. The number of nitrogens with zero attached hydrogens (tertiary/aromatic N) is 2. The maximum Gasteiger partial charge on any atom is 0.264 e. The van der Waals surface area contributed by atoms with Gasteiger partial charge in [-0.1, -0.05) is 64.0 Å². The molecule has 7 nitrogen and oxygen atoms in total. The molecule has 3 rings (SSSR count). The normalized spacial score (nSPS) is 12.0. The number of hydrogen-bond acceptors (Lipinski definition) is 4. The number of carbonyl (C=O) groups excluding carboxylic acids is 2. The molecule has 1 N–H and O–H groups in total. The van der Waals surface area contributed by atoms with Crippen molar-refractivity contribution in [2.75, 3.05) is 17.4 Å². The zero-order valence-corrected chi connectivity index (χ0v) is 22.9. The van der Waals surface area contributed by atoms with Crippen LogP contribution >= 0.6 is 15.9 Å². The van der Waals surface area contributed by atoms with Crippen molar-refractivity contribution in [1.29, 1.82) is 0 Å². The van der Waals surface area contributed by atoms with E-state index in [1.54, 1.807) is 50.2 Å². The van der Waals surface area contributed by atoms with Crippen LogP contribution in [-0.4, -0.2) is 44.3 Å². The Balaban J connectivity index is 2.01. The van der Waals surface area contributed by atoms with Gasteiger partial charge in [0.1, 0.15) is 12.6 Å². The van der Waals surface area contributed by atoms with E-state index < -0.39 is 28.5 Å². The lowest BCUT2D eigenvalue weighted by molar-refractivity contribution is -0.139. The lowest BCUT2D eigenvalue weighted by Gasteiger charge is -2.32. The monoisotopic (exact) mass is 571 g/mol. The second-order valence-electron chi connectivity index (χ2n) is 8.38. The fraction of sp³-hybridized carbons (Fsp3) is 0.259. The van der Waals surface area contributed by atoms with Gasteiger partial charge in [-0.2, -0.15) is 0 Å². The highest BCUT2D eigenvalue weighted by molar-refractivity contribution is 9.10. The van der Waals surface area contributed by atoms with Gasteiger partial charge in [0, 0.05) is 17.6 Å². The largest absolute Gasteiger partial charge is 0.355 e. The molecule has 0 radical (unpaired) electrons. The fourth-order valence-corrected chi connectivity index (χ4v) is 5.34. The minimum absolute atomic E-state index is 0.0789. The van der Waals surface area contributed by atoms with Crippen molar-refractivity contribution in [1.82, 2.24) is 10.2 Å². The number of hydrogen-bond donors (Lipinski definition) is 1. The molecule has 9 heteroatoms. The summed E-state index contributed by atoms with van der Waals surface area (Å²) in [5.41, 5.74) is 2.10. The van der Waals surface area contributed by atoms with Gasteiger partial charge in [-0.3, -0.25) is 13.9 Å². The van der Waals surface area contributed by atoms with E-state index in [2.05, 4.69) is 21.2 Å². The van der Waals surface area contributed by atoms with Crippen molar-refractivity contribution in [3.63, 3.8) is 0 Å². The van der Waals surface area contributed by atoms with Crippen LogP contribution in [0.3, 0.4) is 0 Å². The molecular weight excluding hydrogens is 542 g/mol. The van der Waals surface area contributed by atoms with Crippen LogP contribution in [0.1, 0.15) is 25.0 Å². The molecule has 0 spiro atoms. The molecule has 3 aromatic rings. The van der Waals surface area contributed by atoms with Crippen LogP contribution in [0.15, 0.2) is 88.2 Å². The fourth-order valence-electron chi connectivity index (χ4n) is 3.66. The number of likely N-dealkylation sites (N-methyl/N-ethyl adjacent to an activating group) is 1. The van der Waals surface area contributed by atoms with Crippen molar-refractivity contribution < 1.29 is 18.0 Å². The number of benzene rings is 3. The highest BCUT2D eigenvalue weighted by atomic mass is 79.9. The number of aryl methyl sites for hydroxylation is 1. The Hall–Kier alpha value is -3.17. The smallest absolute Gasteiger partial charge is 0.264 e. The van der Waals surface area contributed by atoms with E-state index in [9.17, 15) is 18.0 Å². The Labute approximate surface area is 221 Å². The lowest BCUT2D eigenvalue weighted by Crippen LogP contribution is -2.51. The molecule has 0 bridgehead atoms. The highest BCUT2D eigenvalue weighted by Gasteiger charge is 2.32. The topological polar surface area (TPSA) is 86.8 Å². The second kappa shape index (κ2) is 12.2. The first-order valence-electron chi connectivity index (χ1n) is 11.6. The van der Waals surface area contributed by atoms with Crippen molar-refractivity contribution in [2.24, 2.45) is 0 Å². The minimum Gasteiger partial charge on any atom is -0.355 e. The van der Waals surface area contributed by atoms with E-state index in [0.29, 0.717) is 12.2 Å². The summed E-state index contributed by atoms with van der Waals surface area (Å²) in [4.78, 5) is 27.9. The minimum atomic E-state index is -4.07. The number of amides is 2. The average molecular weight is 573 g/mol. The first kappa shape index (κ1) is 27.4. The molecule has 0 aliphatic carbocycles. The Kier molecular flexibility index (Phi) is 9.28. The summed E-state index contributed by atoms with van der Waals surface area (Å²) in [6, 6.07) is 21.7. The van der Waals surface area contributed by atoms with Crippen LogP contribution in [0.5, 0.6) is 0 Å². The maximum atomic E-state index is 13.7. The molecule has 190 valence electrons. The third-order valence-electron chi connectivity index (χ3n) is 5.72. The lowest BCUT2D eigenvalue weighted by atomic mass is 10.1. The van der Waals surface area contributed by atoms with Gasteiger partial charge >= 0.3 is 0 Å². The number of halogens is 1. The van der Waals surface area contributed by atoms with Crippen LogP contribution in [0.2, 0.25) is 0 Å². The molecule has 0 fully saturated rings. The summed E-state index contributed by atoms with van der Waals surface area (Å²) in [6.45, 7) is 5.44. The highest BCUT2D eigenvalue weighted by Crippen LogP contribution is 2.26. The molecule has 36 heavy (non-hydrogen) atoms. The van der Waals surface area contributed by atoms with Crippen molar-refractivity contribution in [3.05, 3.63) is 94.5 Å². The number of sulfonamides is 1. The first-order valence-corrected chi connectivity index (χ1v) is 13.8. The zero-order chi connectivity index (χ0) is 26.3. The van der Waals surface area contributed by atoms with Crippen LogP contribution in [0, 0.1) is 6.92 Å². The molecule has 0 heterocycles. The molecule has 1 atom stereocenters. The van der Waals surface area contributed by atoms with Crippen molar-refractivity contribution in [2.45, 2.75) is 38.3 Å². The predicted octanol–water partition coefficient (Wildman–Crippen LogP) is 4.51. The molecule has 2 amide bonds. The number of carbonyl (C=O) groups is 2. The van der Waals surface area contributed by atoms with Gasteiger partial charge in [-0.05, 0) is 62.7 Å². The summed E-state index contributed by atoms with van der Waals surface area (Å²) in [7, 11) is -4.07. The van der Waals surface area contributed by atoms with Gasteiger partial charge in [0.05, 0.1) is 10.6 Å². The van der Waals surface area contributed by atoms with E-state index in [0.717, 1.165) is 19.9 Å². The molecule has 1 unspecified atom stereocenters. The summed E-state index contributed by atoms with van der Waals surface area (Å²) < 4.78 is 29.3. The standard InChI is InChI=1S/C27H30BrN3O4S/c1-4-29-27(33)21(3)30(18-22-8-6-5-7-9-22)26(32)19-31(24-14-12-23(28)13-15-24)36(34,35)25-16-10-20(2)11-17-25/h5-17,21H,4,18-19H2,1-3H3,(H,29,33). The molecule has 0 aliphatic heterocycles. The third-order valence-corrected chi connectivity index (χ3v) is 8.03. The molecular formula is C27H30BrN3O4S. The third kappa shape index (κ3) is 6.73. The summed E-state index contributed by atoms with van der Waals surface area (Å²) >= 11 is 3.37. The Morgan fingerprint density at radius 2 is 1.56 bits per heavy atom. The van der Waals surface area contributed by atoms with Crippen LogP contribution in [0.4, 0.5) is 5.69 Å². The second-order valence-corrected chi connectivity index (χ2v) is 11.2. The molecule has 3 aromatic carbocycles. The van der Waals surface area contributed by atoms with Crippen LogP contribution in [0.25, 0.3) is 0 Å². The maximum absolute atomic E-state index is 13.7. The molecule has 0 saturated heterocycles. The van der Waals surface area contributed by atoms with E-state index in [1.165, 1.54) is 17.0 Å². The summed E-state index contributed by atoms with van der Waals surface area (Å²) in [6.07, 6.45) is 0. The Morgan fingerprint density at radius 3 is 2.14 bits per heavy atom. The average Bonchev–Trinajstić information content (AvgIpc) is 2.87. The van der Waals surface area contributed by atoms with E-state index >= 15 is 0 Å². The zero-order valence-electron chi connectivity index (χ0n) is 20.5. The van der Waals surface area contributed by atoms with Gasteiger partial charge in [-0.25, -0.2) is 8.42 Å². The van der Waals surface area contributed by atoms with Crippen molar-refractivity contribution >= 4 is 43.5 Å². The van der Waals surface area contributed by atoms with Gasteiger partial charge in [-0.15, -0.1) is 0 Å². The molecule has 0 aliphatic rings. The number of rotatable bonds is 10. The Morgan fingerprint density at radius 1 is 0.944 bits per heavy atom. The van der Waals surface area contributed by atoms with Crippen LogP contribution < -0.4 is 9.62 Å². The quantitative estimate of drug-likeness (QED) is 0.388. The Bertz CT molecular complexity index is 1280. The predicted molar refractivity (Wildman–Crippen MR) is 145 cm³/mol. The number of nitrogens with one attached hydrogen (secondary N) is 1. The van der Waals surface area contributed by atoms with Gasteiger partial charge in [0.25, 0.3) is 10.0 Å². The van der Waals surface area contributed by atoms with E-state index in [1.807, 2.05) is 37.3 Å². The first-order chi connectivity index (χ1) is 17.1.